The predicted octanol–water partition coefficient (Wildman–Crippen LogP) is 3.49. The van der Waals surface area contributed by atoms with Crippen molar-refractivity contribution in [2.45, 2.75) is 18.9 Å². The number of aromatic carboxylic acids is 1. The van der Waals surface area contributed by atoms with Crippen molar-refractivity contribution >= 4 is 11.7 Å². The van der Waals surface area contributed by atoms with Crippen LogP contribution in [0.4, 0.5) is 4.39 Å². The fourth-order valence-electron chi connectivity index (χ4n) is 2.61. The molecule has 1 aliphatic rings. The zero-order valence-electron chi connectivity index (χ0n) is 14.4. The quantitative estimate of drug-likeness (QED) is 0.854. The van der Waals surface area contributed by atoms with Crippen LogP contribution in [0, 0.1) is 5.82 Å². The van der Waals surface area contributed by atoms with E-state index in [4.69, 9.17) is 19.4 Å². The first kappa shape index (κ1) is 17.7. The van der Waals surface area contributed by atoms with E-state index in [9.17, 15) is 9.18 Å². The second-order valence-electron chi connectivity index (χ2n) is 6.22. The van der Waals surface area contributed by atoms with Gasteiger partial charge in [0.1, 0.15) is 12.4 Å². The summed E-state index contributed by atoms with van der Waals surface area (Å²) in [7, 11) is 1.48. The highest BCUT2D eigenvalue weighted by atomic mass is 19.1. The topological polar surface area (TPSA) is 77.4 Å². The van der Waals surface area contributed by atoms with Gasteiger partial charge in [0.05, 0.1) is 18.4 Å². The van der Waals surface area contributed by atoms with Crippen molar-refractivity contribution in [1.29, 1.82) is 0 Å². The number of hydrogen-bond acceptors (Lipinski definition) is 5. The Kier molecular flexibility index (Phi) is 4.79. The molecule has 0 aromatic heterocycles. The average Bonchev–Trinajstić information content (AvgIpc) is 3.03. The molecule has 1 aliphatic heterocycles. The number of ether oxygens (including phenoxy) is 2. The monoisotopic (exact) mass is 359 g/mol. The minimum atomic E-state index is -1.05. The normalized spacial score (nSPS) is 18.8. The molecule has 1 heterocycles. The number of carboxylic acid groups (broad SMARTS) is 1. The molecule has 0 fully saturated rings. The maximum atomic E-state index is 13.1. The molecule has 3 rings (SSSR count). The van der Waals surface area contributed by atoms with Gasteiger partial charge in [-0.2, -0.15) is 0 Å². The van der Waals surface area contributed by atoms with Crippen LogP contribution in [0.3, 0.4) is 0 Å². The summed E-state index contributed by atoms with van der Waals surface area (Å²) in [6, 6.07) is 10.4. The summed E-state index contributed by atoms with van der Waals surface area (Å²) in [4.78, 5) is 16.7. The van der Waals surface area contributed by atoms with Crippen molar-refractivity contribution in [1.82, 2.24) is 0 Å². The van der Waals surface area contributed by atoms with Crippen LogP contribution in [0.15, 0.2) is 47.6 Å². The first-order valence-corrected chi connectivity index (χ1v) is 7.95. The van der Waals surface area contributed by atoms with Gasteiger partial charge in [-0.3, -0.25) is 0 Å². The van der Waals surface area contributed by atoms with E-state index in [2.05, 4.69) is 5.16 Å². The van der Waals surface area contributed by atoms with E-state index in [1.165, 1.54) is 37.4 Å². The zero-order chi connectivity index (χ0) is 18.7. The summed E-state index contributed by atoms with van der Waals surface area (Å²) in [6.07, 6.45) is 0.472. The second-order valence-corrected chi connectivity index (χ2v) is 6.22. The Morgan fingerprint density at radius 2 is 2.00 bits per heavy atom. The summed E-state index contributed by atoms with van der Waals surface area (Å²) in [5.41, 5.74) is 0.845. The van der Waals surface area contributed by atoms with Gasteiger partial charge in [-0.25, -0.2) is 9.18 Å². The molecule has 0 saturated carbocycles. The van der Waals surface area contributed by atoms with Crippen molar-refractivity contribution in [3.8, 4) is 11.5 Å². The van der Waals surface area contributed by atoms with Crippen molar-refractivity contribution in [3.63, 3.8) is 0 Å². The summed E-state index contributed by atoms with van der Waals surface area (Å²) >= 11 is 0. The van der Waals surface area contributed by atoms with Crippen LogP contribution in [0.25, 0.3) is 0 Å². The Bertz CT molecular complexity index is 850. The highest BCUT2D eigenvalue weighted by Crippen LogP contribution is 2.32. The molecular formula is C19H18FNO5. The Morgan fingerprint density at radius 3 is 2.65 bits per heavy atom. The molecule has 2 aromatic carbocycles. The van der Waals surface area contributed by atoms with Crippen molar-refractivity contribution in [2.75, 3.05) is 13.7 Å². The number of halogens is 1. The number of rotatable bonds is 6. The third-order valence-electron chi connectivity index (χ3n) is 4.04. The number of methoxy groups -OCH3 is 1. The van der Waals surface area contributed by atoms with Crippen LogP contribution in [-0.4, -0.2) is 36.1 Å². The molecule has 0 spiro atoms. The lowest BCUT2D eigenvalue weighted by Crippen LogP contribution is -2.33. The maximum Gasteiger partial charge on any atom is 0.335 e. The Balaban J connectivity index is 1.69. The molecule has 7 heteroatoms. The van der Waals surface area contributed by atoms with Gasteiger partial charge in [0.15, 0.2) is 17.1 Å². The lowest BCUT2D eigenvalue weighted by molar-refractivity contribution is -0.0361. The van der Waals surface area contributed by atoms with E-state index in [0.29, 0.717) is 23.6 Å². The fraction of sp³-hybridized carbons (Fsp3) is 0.263. The number of hydrogen-bond donors (Lipinski definition) is 1. The van der Waals surface area contributed by atoms with Gasteiger partial charge in [-0.15, -0.1) is 0 Å². The van der Waals surface area contributed by atoms with E-state index < -0.39 is 11.6 Å². The van der Waals surface area contributed by atoms with Gasteiger partial charge < -0.3 is 19.4 Å². The number of oxime groups is 1. The van der Waals surface area contributed by atoms with Crippen LogP contribution < -0.4 is 9.47 Å². The zero-order valence-corrected chi connectivity index (χ0v) is 14.4. The Hall–Kier alpha value is -3.09. The minimum Gasteiger partial charge on any atom is -0.493 e. The lowest BCUT2D eigenvalue weighted by atomic mass is 9.97. The summed E-state index contributed by atoms with van der Waals surface area (Å²) in [6.45, 7) is 1.97. The van der Waals surface area contributed by atoms with Gasteiger partial charge in [0.2, 0.25) is 0 Å². The van der Waals surface area contributed by atoms with Crippen LogP contribution in [0.1, 0.15) is 29.3 Å². The third kappa shape index (κ3) is 3.77. The second kappa shape index (κ2) is 7.03. The third-order valence-corrected chi connectivity index (χ3v) is 4.04. The molecule has 1 unspecified atom stereocenters. The Labute approximate surface area is 149 Å². The lowest BCUT2D eigenvalue weighted by Gasteiger charge is -2.22. The smallest absolute Gasteiger partial charge is 0.335 e. The van der Waals surface area contributed by atoms with Crippen molar-refractivity contribution < 1.29 is 28.6 Å². The summed E-state index contributed by atoms with van der Waals surface area (Å²) in [5, 5.41) is 13.2. The predicted molar refractivity (Wildman–Crippen MR) is 92.5 cm³/mol. The Morgan fingerprint density at radius 1 is 1.27 bits per heavy atom. The SMILES string of the molecule is COc1ccc(C(=O)O)cc1OCC1(C)CC(c2ccc(F)cc2)=NO1. The van der Waals surface area contributed by atoms with E-state index >= 15 is 0 Å². The van der Waals surface area contributed by atoms with E-state index in [0.717, 1.165) is 5.56 Å². The van der Waals surface area contributed by atoms with Crippen LogP contribution in [-0.2, 0) is 4.84 Å². The number of benzene rings is 2. The molecule has 1 atom stereocenters. The van der Waals surface area contributed by atoms with Crippen LogP contribution >= 0.6 is 0 Å². The molecule has 2 aromatic rings. The molecule has 6 nitrogen and oxygen atoms in total. The molecule has 0 saturated heterocycles. The van der Waals surface area contributed by atoms with E-state index in [-0.39, 0.29) is 18.0 Å². The summed E-state index contributed by atoms with van der Waals surface area (Å²) in [5.74, 6) is -0.628. The first-order valence-electron chi connectivity index (χ1n) is 7.95. The minimum absolute atomic E-state index is 0.0987. The maximum absolute atomic E-state index is 13.1. The fourth-order valence-corrected chi connectivity index (χ4v) is 2.61. The van der Waals surface area contributed by atoms with Crippen molar-refractivity contribution in [3.05, 3.63) is 59.4 Å². The van der Waals surface area contributed by atoms with Gasteiger partial charge in [0, 0.05) is 6.42 Å². The molecule has 0 bridgehead atoms. The summed E-state index contributed by atoms with van der Waals surface area (Å²) < 4.78 is 24.0. The molecule has 0 amide bonds. The molecule has 0 aliphatic carbocycles. The van der Waals surface area contributed by atoms with Gasteiger partial charge in [-0.05, 0) is 42.8 Å². The van der Waals surface area contributed by atoms with E-state index in [1.54, 1.807) is 12.1 Å². The highest BCUT2D eigenvalue weighted by Gasteiger charge is 2.36. The number of nitrogens with zero attached hydrogens (tertiary/aromatic N) is 1. The van der Waals surface area contributed by atoms with Crippen molar-refractivity contribution in [2.24, 2.45) is 5.16 Å². The molecular weight excluding hydrogens is 341 g/mol. The molecule has 1 N–H and O–H groups in total. The van der Waals surface area contributed by atoms with E-state index in [1.807, 2.05) is 6.92 Å². The van der Waals surface area contributed by atoms with Gasteiger partial charge >= 0.3 is 5.97 Å². The van der Waals surface area contributed by atoms with Crippen LogP contribution in [0.5, 0.6) is 11.5 Å². The first-order chi connectivity index (χ1) is 12.4. The molecule has 0 radical (unpaired) electrons. The largest absolute Gasteiger partial charge is 0.493 e. The standard InChI is InChI=1S/C19H18FNO5/c1-19(10-15(21-26-19)12-3-6-14(20)7-4-12)11-25-17-9-13(18(22)23)5-8-16(17)24-2/h3-9H,10-11H2,1-2H3,(H,22,23). The number of carboxylic acids is 1. The van der Waals surface area contributed by atoms with Crippen LogP contribution in [0.2, 0.25) is 0 Å². The average molecular weight is 359 g/mol. The van der Waals surface area contributed by atoms with Gasteiger partial charge in [0.25, 0.3) is 0 Å². The highest BCUT2D eigenvalue weighted by molar-refractivity contribution is 6.01. The number of carbonyl (C=O) groups is 1. The molecule has 26 heavy (non-hydrogen) atoms. The van der Waals surface area contributed by atoms with Gasteiger partial charge in [-0.1, -0.05) is 17.3 Å². The molecule has 136 valence electrons.